The molecule has 1 aromatic carbocycles. The minimum absolute atomic E-state index is 0.140. The molecule has 2 aliphatic carbocycles. The van der Waals surface area contributed by atoms with Gasteiger partial charge in [0, 0.05) is 17.8 Å². The van der Waals surface area contributed by atoms with Gasteiger partial charge >= 0.3 is 5.97 Å². The Bertz CT molecular complexity index is 1330. The zero-order chi connectivity index (χ0) is 28.8. The molecule has 10 heteroatoms. The monoisotopic (exact) mass is 612 g/mol. The molecule has 41 heavy (non-hydrogen) atoms. The maximum absolute atomic E-state index is 13.1. The second kappa shape index (κ2) is 14.0. The predicted octanol–water partition coefficient (Wildman–Crippen LogP) is 7.14. The van der Waals surface area contributed by atoms with Gasteiger partial charge in [0.15, 0.2) is 0 Å². The molecule has 1 N–H and O–H groups in total. The average molecular weight is 613 g/mol. The highest BCUT2D eigenvalue weighted by Gasteiger charge is 2.32. The highest BCUT2D eigenvalue weighted by atomic mass is 32.2. The SMILES string of the molecule is CCOC(=O)c1c(NC(=O)CCCN2C(=O)/C(=C/c3ccc(OC4CCCCC4)cc3)SC2=S)sc2c1CCCC2. The first-order chi connectivity index (χ1) is 19.9. The molecular weight excluding hydrogens is 577 g/mol. The van der Waals surface area contributed by atoms with Crippen LogP contribution in [0.5, 0.6) is 5.75 Å². The van der Waals surface area contributed by atoms with Crippen molar-refractivity contribution in [2.75, 3.05) is 18.5 Å². The van der Waals surface area contributed by atoms with Crippen molar-refractivity contribution in [2.45, 2.75) is 83.7 Å². The van der Waals surface area contributed by atoms with E-state index in [1.807, 2.05) is 30.3 Å². The minimum atomic E-state index is -0.377. The van der Waals surface area contributed by atoms with Crippen molar-refractivity contribution in [1.82, 2.24) is 4.90 Å². The van der Waals surface area contributed by atoms with Gasteiger partial charge in [0.05, 0.1) is 23.2 Å². The summed E-state index contributed by atoms with van der Waals surface area (Å²) in [6.45, 7) is 2.42. The van der Waals surface area contributed by atoms with Crippen LogP contribution in [0.3, 0.4) is 0 Å². The molecule has 0 radical (unpaired) electrons. The van der Waals surface area contributed by atoms with Gasteiger partial charge in [0.1, 0.15) is 15.1 Å². The first-order valence-corrected chi connectivity index (χ1v) is 16.6. The Morgan fingerprint density at radius 1 is 1.10 bits per heavy atom. The molecule has 7 nitrogen and oxygen atoms in total. The van der Waals surface area contributed by atoms with E-state index < -0.39 is 0 Å². The van der Waals surface area contributed by atoms with Crippen molar-refractivity contribution in [3.63, 3.8) is 0 Å². The van der Waals surface area contributed by atoms with E-state index >= 15 is 0 Å². The fraction of sp³-hybridized carbons (Fsp3) is 0.484. The van der Waals surface area contributed by atoms with Gasteiger partial charge in [-0.1, -0.05) is 42.5 Å². The van der Waals surface area contributed by atoms with Gasteiger partial charge in [-0.15, -0.1) is 11.3 Å². The van der Waals surface area contributed by atoms with Crippen molar-refractivity contribution in [3.05, 3.63) is 50.7 Å². The molecule has 0 spiro atoms. The number of carbonyl (C=O) groups is 3. The number of nitrogens with one attached hydrogen (secondary N) is 1. The average Bonchev–Trinajstić information content (AvgIpc) is 3.46. The van der Waals surface area contributed by atoms with Crippen LogP contribution in [0.4, 0.5) is 5.00 Å². The summed E-state index contributed by atoms with van der Waals surface area (Å²) in [5.41, 5.74) is 2.44. The zero-order valence-electron chi connectivity index (χ0n) is 23.4. The highest BCUT2D eigenvalue weighted by molar-refractivity contribution is 8.26. The zero-order valence-corrected chi connectivity index (χ0v) is 25.8. The summed E-state index contributed by atoms with van der Waals surface area (Å²) in [4.78, 5) is 41.9. The molecule has 5 rings (SSSR count). The van der Waals surface area contributed by atoms with Crippen LogP contribution in [0.1, 0.15) is 91.1 Å². The minimum Gasteiger partial charge on any atom is -0.490 e. The number of anilines is 1. The fourth-order valence-corrected chi connectivity index (χ4v) is 8.12. The van der Waals surface area contributed by atoms with Crippen molar-refractivity contribution >= 4 is 68.5 Å². The number of nitrogens with zero attached hydrogens (tertiary/aromatic N) is 1. The number of aryl methyl sites for hydroxylation is 1. The van der Waals surface area contributed by atoms with Crippen LogP contribution >= 0.6 is 35.3 Å². The molecule has 2 aromatic rings. The van der Waals surface area contributed by atoms with E-state index in [1.54, 1.807) is 11.8 Å². The third-order valence-electron chi connectivity index (χ3n) is 7.60. The molecule has 0 unspecified atom stereocenters. The molecule has 1 aliphatic heterocycles. The summed E-state index contributed by atoms with van der Waals surface area (Å²) < 4.78 is 11.9. The van der Waals surface area contributed by atoms with E-state index in [4.69, 9.17) is 21.7 Å². The molecule has 2 fully saturated rings. The number of hydrogen-bond acceptors (Lipinski definition) is 8. The Labute approximate surface area is 255 Å². The maximum Gasteiger partial charge on any atom is 0.341 e. The number of benzene rings is 1. The molecule has 3 aliphatic rings. The lowest BCUT2D eigenvalue weighted by atomic mass is 9.95. The molecular formula is C31H36N2O5S3. The van der Waals surface area contributed by atoms with Crippen LogP contribution in [0, 0.1) is 0 Å². The number of thiophene rings is 1. The van der Waals surface area contributed by atoms with E-state index in [2.05, 4.69) is 5.32 Å². The highest BCUT2D eigenvalue weighted by Crippen LogP contribution is 2.39. The van der Waals surface area contributed by atoms with E-state index in [1.165, 1.54) is 42.4 Å². The first-order valence-electron chi connectivity index (χ1n) is 14.6. The fourth-order valence-electron chi connectivity index (χ4n) is 5.52. The van der Waals surface area contributed by atoms with Gasteiger partial charge in [0.25, 0.3) is 5.91 Å². The van der Waals surface area contributed by atoms with E-state index in [9.17, 15) is 14.4 Å². The number of thioether (sulfide) groups is 1. The smallest absolute Gasteiger partial charge is 0.341 e. The molecule has 2 amide bonds. The number of thiocarbonyl (C=S) groups is 1. The number of fused-ring (bicyclic) bond motifs is 1. The Balaban J connectivity index is 1.14. The standard InChI is InChI=1S/C31H36N2O5S3/c1-2-37-30(36)27-23-11-6-7-12-24(23)40-28(27)32-26(34)13-8-18-33-29(35)25(41-31(33)39)19-20-14-16-22(17-15-20)38-21-9-4-3-5-10-21/h14-17,19,21H,2-13,18H2,1H3,(H,32,34)/b25-19-. The Morgan fingerprint density at radius 2 is 1.85 bits per heavy atom. The van der Waals surface area contributed by atoms with Gasteiger partial charge in [-0.25, -0.2) is 4.79 Å². The van der Waals surface area contributed by atoms with E-state index in [0.717, 1.165) is 60.3 Å². The van der Waals surface area contributed by atoms with Crippen molar-refractivity contribution in [2.24, 2.45) is 0 Å². The normalized spacial score (nSPS) is 18.5. The van der Waals surface area contributed by atoms with Gasteiger partial charge in [-0.05, 0) is 94.0 Å². The van der Waals surface area contributed by atoms with Crippen molar-refractivity contribution in [3.8, 4) is 5.75 Å². The van der Waals surface area contributed by atoms with Gasteiger partial charge in [0.2, 0.25) is 5.91 Å². The summed E-state index contributed by atoms with van der Waals surface area (Å²) in [5, 5.41) is 3.52. The van der Waals surface area contributed by atoms with Crippen LogP contribution in [0.2, 0.25) is 0 Å². The number of hydrogen-bond donors (Lipinski definition) is 1. The quantitative estimate of drug-likeness (QED) is 0.174. The predicted molar refractivity (Wildman–Crippen MR) is 169 cm³/mol. The summed E-state index contributed by atoms with van der Waals surface area (Å²) in [6, 6.07) is 7.83. The van der Waals surface area contributed by atoms with Crippen LogP contribution < -0.4 is 10.1 Å². The number of ether oxygens (including phenoxy) is 2. The largest absolute Gasteiger partial charge is 0.490 e. The summed E-state index contributed by atoms with van der Waals surface area (Å²) in [6.07, 6.45) is 12.6. The second-order valence-electron chi connectivity index (χ2n) is 10.6. The van der Waals surface area contributed by atoms with Crippen LogP contribution in [0.25, 0.3) is 6.08 Å². The third-order valence-corrected chi connectivity index (χ3v) is 10.2. The van der Waals surface area contributed by atoms with Gasteiger partial charge in [-0.2, -0.15) is 0 Å². The summed E-state index contributed by atoms with van der Waals surface area (Å²) in [5.74, 6) is 0.152. The lowest BCUT2D eigenvalue weighted by Gasteiger charge is -2.22. The van der Waals surface area contributed by atoms with Gasteiger partial charge < -0.3 is 14.8 Å². The van der Waals surface area contributed by atoms with Gasteiger partial charge in [-0.3, -0.25) is 14.5 Å². The van der Waals surface area contributed by atoms with Crippen LogP contribution in [0.15, 0.2) is 29.2 Å². The first kappa shape index (κ1) is 29.8. The molecule has 218 valence electrons. The summed E-state index contributed by atoms with van der Waals surface area (Å²) >= 11 is 8.24. The Morgan fingerprint density at radius 3 is 2.61 bits per heavy atom. The van der Waals surface area contributed by atoms with Crippen LogP contribution in [-0.2, 0) is 27.2 Å². The summed E-state index contributed by atoms with van der Waals surface area (Å²) in [7, 11) is 0. The van der Waals surface area contributed by atoms with E-state index in [0.29, 0.717) is 38.9 Å². The molecule has 0 atom stereocenters. The topological polar surface area (TPSA) is 84.9 Å². The lowest BCUT2D eigenvalue weighted by molar-refractivity contribution is -0.122. The number of esters is 1. The third kappa shape index (κ3) is 7.40. The number of carbonyl (C=O) groups excluding carboxylic acids is 3. The number of amides is 2. The molecule has 1 saturated carbocycles. The maximum atomic E-state index is 13.1. The number of rotatable bonds is 10. The molecule has 0 bridgehead atoms. The van der Waals surface area contributed by atoms with E-state index in [-0.39, 0.29) is 30.8 Å². The molecule has 1 aromatic heterocycles. The van der Waals surface area contributed by atoms with Crippen LogP contribution in [-0.4, -0.2) is 46.3 Å². The second-order valence-corrected chi connectivity index (χ2v) is 13.3. The van der Waals surface area contributed by atoms with Crippen molar-refractivity contribution < 1.29 is 23.9 Å². The Hall–Kier alpha value is -2.69. The molecule has 1 saturated heterocycles. The molecule has 2 heterocycles. The lowest BCUT2D eigenvalue weighted by Crippen LogP contribution is -2.29. The van der Waals surface area contributed by atoms with Crippen molar-refractivity contribution in [1.29, 1.82) is 0 Å². The Kier molecular flexibility index (Phi) is 10.2.